The van der Waals surface area contributed by atoms with Crippen molar-refractivity contribution in [1.29, 1.82) is 0 Å². The van der Waals surface area contributed by atoms with E-state index in [9.17, 15) is 4.79 Å². The molecule has 0 radical (unpaired) electrons. The van der Waals surface area contributed by atoms with Crippen molar-refractivity contribution in [3.8, 4) is 0 Å². The van der Waals surface area contributed by atoms with Crippen LogP contribution in [0.3, 0.4) is 0 Å². The van der Waals surface area contributed by atoms with Gasteiger partial charge in [0, 0.05) is 17.8 Å². The summed E-state index contributed by atoms with van der Waals surface area (Å²) in [5.41, 5.74) is 6.97. The summed E-state index contributed by atoms with van der Waals surface area (Å²) in [5.74, 6) is 0.610. The standard InChI is InChI=1S/C15H23N3O/c1-2-18-9-7-12(8-10-18)11-17-15(19)13-3-5-14(16)6-4-13/h3-6,12H,2,7-11,16H2,1H3,(H,17,19). The number of hydrogen-bond acceptors (Lipinski definition) is 3. The van der Waals surface area contributed by atoms with Crippen molar-refractivity contribution >= 4 is 11.6 Å². The lowest BCUT2D eigenvalue weighted by Gasteiger charge is -2.31. The smallest absolute Gasteiger partial charge is 0.251 e. The molecule has 1 aliphatic rings. The second kappa shape index (κ2) is 6.57. The minimum absolute atomic E-state index is 0.00192. The fraction of sp³-hybridized carbons (Fsp3) is 0.533. The number of nitrogen functional groups attached to an aromatic ring is 1. The maximum Gasteiger partial charge on any atom is 0.251 e. The molecule has 0 unspecified atom stereocenters. The molecule has 1 aromatic rings. The molecule has 0 aromatic heterocycles. The second-order valence-electron chi connectivity index (χ2n) is 5.21. The number of amides is 1. The fourth-order valence-corrected chi connectivity index (χ4v) is 2.48. The number of nitrogens with two attached hydrogens (primary N) is 1. The molecule has 4 nitrogen and oxygen atoms in total. The lowest BCUT2D eigenvalue weighted by Crippen LogP contribution is -2.38. The molecule has 1 aromatic carbocycles. The predicted octanol–water partition coefficient (Wildman–Crippen LogP) is 1.73. The summed E-state index contributed by atoms with van der Waals surface area (Å²) in [6, 6.07) is 7.05. The van der Waals surface area contributed by atoms with E-state index in [2.05, 4.69) is 17.1 Å². The fourth-order valence-electron chi connectivity index (χ4n) is 2.48. The maximum atomic E-state index is 12.0. The van der Waals surface area contributed by atoms with Crippen LogP contribution in [0.4, 0.5) is 5.69 Å². The van der Waals surface area contributed by atoms with Gasteiger partial charge in [0.2, 0.25) is 0 Å². The van der Waals surface area contributed by atoms with Crippen molar-refractivity contribution < 1.29 is 4.79 Å². The molecule has 1 fully saturated rings. The molecule has 4 heteroatoms. The summed E-state index contributed by atoms with van der Waals surface area (Å²) in [7, 11) is 0. The molecule has 0 aliphatic carbocycles. The molecule has 3 N–H and O–H groups in total. The largest absolute Gasteiger partial charge is 0.399 e. The van der Waals surface area contributed by atoms with Gasteiger partial charge in [0.1, 0.15) is 0 Å². The van der Waals surface area contributed by atoms with Crippen LogP contribution in [-0.2, 0) is 0 Å². The van der Waals surface area contributed by atoms with E-state index in [0.717, 1.165) is 26.2 Å². The van der Waals surface area contributed by atoms with E-state index in [1.54, 1.807) is 24.3 Å². The van der Waals surface area contributed by atoms with Gasteiger partial charge >= 0.3 is 0 Å². The van der Waals surface area contributed by atoms with Crippen molar-refractivity contribution in [3.05, 3.63) is 29.8 Å². The topological polar surface area (TPSA) is 58.4 Å². The van der Waals surface area contributed by atoms with E-state index >= 15 is 0 Å². The van der Waals surface area contributed by atoms with E-state index in [1.807, 2.05) is 0 Å². The third kappa shape index (κ3) is 3.96. The highest BCUT2D eigenvalue weighted by Gasteiger charge is 2.18. The lowest BCUT2D eigenvalue weighted by atomic mass is 9.97. The first-order chi connectivity index (χ1) is 9.19. The molecule has 2 rings (SSSR count). The van der Waals surface area contributed by atoms with Crippen LogP contribution in [0.1, 0.15) is 30.1 Å². The van der Waals surface area contributed by atoms with E-state index < -0.39 is 0 Å². The molecule has 1 aliphatic heterocycles. The van der Waals surface area contributed by atoms with Crippen LogP contribution in [0.5, 0.6) is 0 Å². The third-order valence-corrected chi connectivity index (χ3v) is 3.88. The highest BCUT2D eigenvalue weighted by Crippen LogP contribution is 2.16. The van der Waals surface area contributed by atoms with Crippen molar-refractivity contribution in [2.75, 3.05) is 31.9 Å². The number of carbonyl (C=O) groups is 1. The summed E-state index contributed by atoms with van der Waals surface area (Å²) in [6.45, 7) is 6.41. The Morgan fingerprint density at radius 3 is 2.53 bits per heavy atom. The first kappa shape index (κ1) is 13.9. The van der Waals surface area contributed by atoms with Gasteiger partial charge in [-0.1, -0.05) is 6.92 Å². The Morgan fingerprint density at radius 2 is 1.95 bits per heavy atom. The molecule has 1 amide bonds. The number of nitrogens with zero attached hydrogens (tertiary/aromatic N) is 1. The molecule has 0 spiro atoms. The van der Waals surface area contributed by atoms with Gasteiger partial charge in [0.05, 0.1) is 0 Å². The van der Waals surface area contributed by atoms with E-state index in [1.165, 1.54) is 12.8 Å². The zero-order valence-corrected chi connectivity index (χ0v) is 11.6. The Morgan fingerprint density at radius 1 is 1.32 bits per heavy atom. The van der Waals surface area contributed by atoms with Gasteiger partial charge in [-0.25, -0.2) is 0 Å². The van der Waals surface area contributed by atoms with Crippen molar-refractivity contribution in [3.63, 3.8) is 0 Å². The molecule has 1 heterocycles. The number of benzene rings is 1. The van der Waals surface area contributed by atoms with Crippen LogP contribution >= 0.6 is 0 Å². The van der Waals surface area contributed by atoms with Gasteiger partial charge in [-0.15, -0.1) is 0 Å². The Labute approximate surface area is 115 Å². The summed E-state index contributed by atoms with van der Waals surface area (Å²) in [5, 5.41) is 3.02. The number of hydrogen-bond donors (Lipinski definition) is 2. The van der Waals surface area contributed by atoms with E-state index in [-0.39, 0.29) is 5.91 Å². The van der Waals surface area contributed by atoms with Crippen LogP contribution in [0, 0.1) is 5.92 Å². The first-order valence-electron chi connectivity index (χ1n) is 7.05. The zero-order chi connectivity index (χ0) is 13.7. The normalized spacial score (nSPS) is 17.3. The molecule has 1 saturated heterocycles. The lowest BCUT2D eigenvalue weighted by molar-refractivity contribution is 0.0937. The number of likely N-dealkylation sites (tertiary alicyclic amines) is 1. The monoisotopic (exact) mass is 261 g/mol. The van der Waals surface area contributed by atoms with Gasteiger partial charge in [-0.2, -0.15) is 0 Å². The SMILES string of the molecule is CCN1CCC(CNC(=O)c2ccc(N)cc2)CC1. The van der Waals surface area contributed by atoms with Gasteiger partial charge in [-0.3, -0.25) is 4.79 Å². The minimum Gasteiger partial charge on any atom is -0.399 e. The van der Waals surface area contributed by atoms with Gasteiger partial charge in [0.25, 0.3) is 5.91 Å². The number of rotatable bonds is 4. The zero-order valence-electron chi connectivity index (χ0n) is 11.6. The van der Waals surface area contributed by atoms with Gasteiger partial charge in [0.15, 0.2) is 0 Å². The Hall–Kier alpha value is -1.55. The summed E-state index contributed by atoms with van der Waals surface area (Å²) in [4.78, 5) is 14.4. The summed E-state index contributed by atoms with van der Waals surface area (Å²) >= 11 is 0. The van der Waals surface area contributed by atoms with E-state index in [4.69, 9.17) is 5.73 Å². The molecule has 0 bridgehead atoms. The van der Waals surface area contributed by atoms with Gasteiger partial charge < -0.3 is 16.0 Å². The van der Waals surface area contributed by atoms with Crippen LogP contribution in [0.2, 0.25) is 0 Å². The number of nitrogens with one attached hydrogen (secondary N) is 1. The van der Waals surface area contributed by atoms with Crippen molar-refractivity contribution in [1.82, 2.24) is 10.2 Å². The molecule has 0 saturated carbocycles. The van der Waals surface area contributed by atoms with Crippen LogP contribution < -0.4 is 11.1 Å². The van der Waals surface area contributed by atoms with Crippen molar-refractivity contribution in [2.45, 2.75) is 19.8 Å². The van der Waals surface area contributed by atoms with E-state index in [0.29, 0.717) is 17.2 Å². The second-order valence-corrected chi connectivity index (χ2v) is 5.21. The van der Waals surface area contributed by atoms with Crippen LogP contribution in [-0.4, -0.2) is 37.0 Å². The molecule has 0 atom stereocenters. The van der Waals surface area contributed by atoms with Gasteiger partial charge in [-0.05, 0) is 62.7 Å². The maximum absolute atomic E-state index is 12.0. The minimum atomic E-state index is -0.00192. The number of carbonyl (C=O) groups excluding carboxylic acids is 1. The van der Waals surface area contributed by atoms with Crippen LogP contribution in [0.15, 0.2) is 24.3 Å². The highest BCUT2D eigenvalue weighted by atomic mass is 16.1. The molecule has 19 heavy (non-hydrogen) atoms. The predicted molar refractivity (Wildman–Crippen MR) is 78.0 cm³/mol. The third-order valence-electron chi connectivity index (χ3n) is 3.88. The Bertz CT molecular complexity index is 408. The summed E-state index contributed by atoms with van der Waals surface area (Å²) in [6.07, 6.45) is 2.35. The quantitative estimate of drug-likeness (QED) is 0.812. The highest BCUT2D eigenvalue weighted by molar-refractivity contribution is 5.94. The van der Waals surface area contributed by atoms with Crippen molar-refractivity contribution in [2.24, 2.45) is 5.92 Å². The Balaban J connectivity index is 1.76. The molecule has 104 valence electrons. The molecular formula is C15H23N3O. The molecular weight excluding hydrogens is 238 g/mol. The average Bonchev–Trinajstić information content (AvgIpc) is 2.46. The first-order valence-corrected chi connectivity index (χ1v) is 7.05. The summed E-state index contributed by atoms with van der Waals surface area (Å²) < 4.78 is 0. The van der Waals surface area contributed by atoms with Crippen LogP contribution in [0.25, 0.3) is 0 Å². The average molecular weight is 261 g/mol. The number of anilines is 1. The number of piperidine rings is 1. The Kier molecular flexibility index (Phi) is 4.80.